The fourth-order valence-corrected chi connectivity index (χ4v) is 30.4. The minimum absolute atomic E-state index is 0. The van der Waals surface area contributed by atoms with Crippen molar-refractivity contribution in [3.05, 3.63) is 0 Å². The van der Waals surface area contributed by atoms with Gasteiger partial charge >= 0.3 is 0 Å². The van der Waals surface area contributed by atoms with Gasteiger partial charge in [0.05, 0.1) is 0 Å². The van der Waals surface area contributed by atoms with Gasteiger partial charge in [0.25, 0.3) is 0 Å². The molecule has 0 aromatic heterocycles. The van der Waals surface area contributed by atoms with E-state index < -0.39 is 49.4 Å². The molecule has 0 unspecified atom stereocenters. The molecule has 0 spiro atoms. The Balaban J connectivity index is -0.000000152. The second-order valence-corrected chi connectivity index (χ2v) is 43.9. The molecule has 0 aromatic carbocycles. The third-order valence-corrected chi connectivity index (χ3v) is 20.2. The van der Waals surface area contributed by atoms with Gasteiger partial charge in [-0.15, -0.1) is 0 Å². The van der Waals surface area contributed by atoms with Crippen LogP contribution >= 0.6 is 0 Å². The standard InChI is InChI=1S/3C6H19NSi2.Eu/c3*1-8(2,3)7-9(4,5)6;/h3*7H,1-6H3;. The molecule has 0 amide bonds. The van der Waals surface area contributed by atoms with Crippen molar-refractivity contribution in [3.63, 3.8) is 0 Å². The van der Waals surface area contributed by atoms with E-state index in [9.17, 15) is 0 Å². The summed E-state index contributed by atoms with van der Waals surface area (Å²) in [5.74, 6) is 0. The molecular weight excluding hydrogens is 579 g/mol. The van der Waals surface area contributed by atoms with Crippen molar-refractivity contribution in [2.45, 2.75) is 118 Å². The van der Waals surface area contributed by atoms with E-state index in [1.165, 1.54) is 0 Å². The third-order valence-electron chi connectivity index (χ3n) is 2.25. The van der Waals surface area contributed by atoms with Gasteiger partial charge in [0.2, 0.25) is 0 Å². The van der Waals surface area contributed by atoms with Gasteiger partial charge in [-0.3, -0.25) is 0 Å². The Morgan fingerprint density at radius 3 is 0.321 bits per heavy atom. The Hall–Kier alpha value is 2.77. The summed E-state index contributed by atoms with van der Waals surface area (Å²) in [5.41, 5.74) is 0. The third kappa shape index (κ3) is 51.4. The van der Waals surface area contributed by atoms with E-state index in [0.29, 0.717) is 0 Å². The molecule has 0 heterocycles. The Morgan fingerprint density at radius 1 is 0.250 bits per heavy atom. The van der Waals surface area contributed by atoms with Crippen molar-refractivity contribution in [1.29, 1.82) is 0 Å². The quantitative estimate of drug-likeness (QED) is 0.283. The second-order valence-electron chi connectivity index (χ2n) is 13.9. The molecule has 1 radical (unpaired) electrons. The summed E-state index contributed by atoms with van der Waals surface area (Å²) in [6.07, 6.45) is 0. The Labute approximate surface area is 227 Å². The van der Waals surface area contributed by atoms with Crippen LogP contribution in [0.3, 0.4) is 0 Å². The predicted octanol–water partition coefficient (Wildman–Crippen LogP) is 6.74. The summed E-state index contributed by atoms with van der Waals surface area (Å²) in [6.45, 7) is 42.3. The van der Waals surface area contributed by atoms with E-state index in [-0.39, 0.29) is 49.4 Å². The maximum atomic E-state index is 3.74. The van der Waals surface area contributed by atoms with Crippen molar-refractivity contribution in [3.8, 4) is 0 Å². The van der Waals surface area contributed by atoms with Crippen molar-refractivity contribution in [1.82, 2.24) is 13.9 Å². The van der Waals surface area contributed by atoms with Crippen LogP contribution in [0.2, 0.25) is 118 Å². The summed E-state index contributed by atoms with van der Waals surface area (Å²) >= 11 is 0. The predicted molar refractivity (Wildman–Crippen MR) is 149 cm³/mol. The largest absolute Gasteiger partial charge is 0.360 e. The zero-order valence-corrected chi connectivity index (χ0v) is 31.3. The van der Waals surface area contributed by atoms with Crippen LogP contribution in [0.1, 0.15) is 0 Å². The molecule has 0 bridgehead atoms. The monoisotopic (exact) mass is 636 g/mol. The van der Waals surface area contributed by atoms with Crippen LogP contribution in [0.5, 0.6) is 0 Å². The van der Waals surface area contributed by atoms with Gasteiger partial charge in [0, 0.05) is 49.4 Å². The van der Waals surface area contributed by atoms with Crippen LogP contribution in [-0.2, 0) is 0 Å². The van der Waals surface area contributed by atoms with Crippen molar-refractivity contribution >= 4 is 49.4 Å². The summed E-state index contributed by atoms with van der Waals surface area (Å²) in [5, 5.41) is 0. The molecule has 0 aliphatic heterocycles. The van der Waals surface area contributed by atoms with Crippen LogP contribution in [0.15, 0.2) is 0 Å². The van der Waals surface area contributed by atoms with E-state index in [1.54, 1.807) is 0 Å². The molecule has 0 aliphatic carbocycles. The normalized spacial score (nSPS) is 13.5. The molecule has 0 atom stereocenters. The van der Waals surface area contributed by atoms with Gasteiger partial charge in [-0.05, 0) is 0 Å². The molecule has 3 nitrogen and oxygen atoms in total. The first-order chi connectivity index (χ1) is 11.1. The molecule has 0 aromatic rings. The molecule has 28 heavy (non-hydrogen) atoms. The van der Waals surface area contributed by atoms with Crippen LogP contribution < -0.4 is 13.9 Å². The zero-order valence-electron chi connectivity index (χ0n) is 22.9. The molecule has 0 saturated carbocycles. The van der Waals surface area contributed by atoms with Crippen molar-refractivity contribution in [2.75, 3.05) is 0 Å². The van der Waals surface area contributed by atoms with E-state index in [2.05, 4.69) is 132 Å². The number of nitrogens with one attached hydrogen (secondary N) is 3. The molecular formula is C18H57EuN3Si6. The van der Waals surface area contributed by atoms with Crippen LogP contribution in [-0.4, -0.2) is 49.4 Å². The topological polar surface area (TPSA) is 36.1 Å². The Kier molecular flexibility index (Phi) is 19.2. The van der Waals surface area contributed by atoms with E-state index in [1.807, 2.05) is 0 Å². The second kappa shape index (κ2) is 14.1. The van der Waals surface area contributed by atoms with Crippen molar-refractivity contribution in [2.24, 2.45) is 0 Å². The SMILES string of the molecule is C[Si](C)(C)N[Si](C)(C)C.C[Si](C)(C)N[Si](C)(C)C.C[Si](C)(C)N[Si](C)(C)C.[Eu]. The molecule has 175 valence electrons. The summed E-state index contributed by atoms with van der Waals surface area (Å²) < 4.78 is 11.2. The maximum Gasteiger partial charge on any atom is 0.109 e. The molecule has 0 saturated heterocycles. The van der Waals surface area contributed by atoms with Gasteiger partial charge in [0.1, 0.15) is 49.4 Å². The van der Waals surface area contributed by atoms with E-state index in [4.69, 9.17) is 0 Å². The Bertz CT molecular complexity index is 297. The molecule has 0 aliphatic rings. The summed E-state index contributed by atoms with van der Waals surface area (Å²) in [7, 11) is -5.89. The van der Waals surface area contributed by atoms with E-state index >= 15 is 0 Å². The average molecular weight is 636 g/mol. The molecule has 3 N–H and O–H groups in total. The summed E-state index contributed by atoms with van der Waals surface area (Å²) in [4.78, 5) is 0. The Morgan fingerprint density at radius 2 is 0.321 bits per heavy atom. The minimum atomic E-state index is -0.981. The first-order valence-electron chi connectivity index (χ1n) is 10.5. The van der Waals surface area contributed by atoms with Gasteiger partial charge in [0.15, 0.2) is 0 Å². The average Bonchev–Trinajstić information content (AvgIpc) is 1.96. The molecule has 0 rings (SSSR count). The maximum absolute atomic E-state index is 3.74. The summed E-state index contributed by atoms with van der Waals surface area (Å²) in [6, 6.07) is 0. The van der Waals surface area contributed by atoms with E-state index in [0.717, 1.165) is 0 Å². The number of hydrogen-bond donors (Lipinski definition) is 3. The van der Waals surface area contributed by atoms with Gasteiger partial charge in [-0.1, -0.05) is 118 Å². The van der Waals surface area contributed by atoms with Gasteiger partial charge < -0.3 is 13.9 Å². The smallest absolute Gasteiger partial charge is 0.109 e. The van der Waals surface area contributed by atoms with Crippen LogP contribution in [0.4, 0.5) is 0 Å². The minimum Gasteiger partial charge on any atom is -0.360 e. The first kappa shape index (κ1) is 38.0. The fourth-order valence-electron chi connectivity index (χ4n) is 3.38. The van der Waals surface area contributed by atoms with Gasteiger partial charge in [-0.2, -0.15) is 0 Å². The zero-order chi connectivity index (χ0) is 23.1. The number of rotatable bonds is 6. The molecule has 10 heteroatoms. The first-order valence-corrected chi connectivity index (χ1v) is 31.5. The fraction of sp³-hybridized carbons (Fsp3) is 1.00. The van der Waals surface area contributed by atoms with Crippen LogP contribution in [0.25, 0.3) is 0 Å². The van der Waals surface area contributed by atoms with Crippen molar-refractivity contribution < 1.29 is 49.4 Å². The van der Waals surface area contributed by atoms with Crippen LogP contribution in [0, 0.1) is 49.4 Å². The van der Waals surface area contributed by atoms with Gasteiger partial charge in [-0.25, -0.2) is 0 Å². The molecule has 0 fully saturated rings. The number of hydrogen-bond acceptors (Lipinski definition) is 3.